The van der Waals surface area contributed by atoms with Crippen molar-refractivity contribution in [2.45, 2.75) is 58.1 Å². The van der Waals surface area contributed by atoms with Crippen LogP contribution in [0, 0.1) is 5.92 Å². The summed E-state index contributed by atoms with van der Waals surface area (Å²) in [6, 6.07) is -0.255. The van der Waals surface area contributed by atoms with Crippen LogP contribution in [0.1, 0.15) is 46.5 Å². The molecule has 0 saturated heterocycles. The van der Waals surface area contributed by atoms with Crippen LogP contribution in [0.5, 0.6) is 0 Å². The molecule has 0 aromatic heterocycles. The van der Waals surface area contributed by atoms with E-state index in [-0.39, 0.29) is 17.7 Å². The van der Waals surface area contributed by atoms with Gasteiger partial charge in [0.1, 0.15) is 5.60 Å². The van der Waals surface area contributed by atoms with E-state index in [2.05, 4.69) is 10.1 Å². The molecule has 0 radical (unpaired) electrons. The Kier molecular flexibility index (Phi) is 5.24. The van der Waals surface area contributed by atoms with Crippen molar-refractivity contribution in [1.82, 2.24) is 5.32 Å². The van der Waals surface area contributed by atoms with Gasteiger partial charge < -0.3 is 15.6 Å². The first-order chi connectivity index (χ1) is 8.83. The van der Waals surface area contributed by atoms with E-state index in [1.807, 2.05) is 0 Å². The van der Waals surface area contributed by atoms with E-state index >= 15 is 0 Å². The third-order valence-electron chi connectivity index (χ3n) is 3.02. The van der Waals surface area contributed by atoms with Crippen LogP contribution in [0.2, 0.25) is 0 Å². The van der Waals surface area contributed by atoms with Gasteiger partial charge in [0.05, 0.1) is 0 Å². The van der Waals surface area contributed by atoms with Crippen molar-refractivity contribution < 1.29 is 19.1 Å². The number of ketones is 1. The molecule has 1 saturated carbocycles. The minimum Gasteiger partial charge on any atom is -0.444 e. The van der Waals surface area contributed by atoms with Gasteiger partial charge in [0.15, 0.2) is 0 Å². The Morgan fingerprint density at radius 3 is 2.53 bits per heavy atom. The third-order valence-corrected chi connectivity index (χ3v) is 3.02. The van der Waals surface area contributed by atoms with E-state index in [9.17, 15) is 9.59 Å². The maximum absolute atomic E-state index is 11.8. The number of nitrogens with zero attached hydrogens (tertiary/aromatic N) is 2. The van der Waals surface area contributed by atoms with Crippen molar-refractivity contribution in [1.29, 1.82) is 0 Å². The summed E-state index contributed by atoms with van der Waals surface area (Å²) >= 11 is 0. The van der Waals surface area contributed by atoms with Crippen LogP contribution < -0.4 is 5.32 Å². The number of alkyl carbamates (subject to hydrolysis) is 1. The van der Waals surface area contributed by atoms with Gasteiger partial charge in [-0.1, -0.05) is 12.8 Å². The predicted octanol–water partition coefficient (Wildman–Crippen LogP) is 1.94. The van der Waals surface area contributed by atoms with Gasteiger partial charge in [-0.25, -0.2) is 4.79 Å². The van der Waals surface area contributed by atoms with Gasteiger partial charge in [-0.2, -0.15) is 4.79 Å². The molecule has 19 heavy (non-hydrogen) atoms. The SMILES string of the molecule is CC(C)(C)OC(=O)N[C@@H]1CCCC[C@H]1C(=O)C=[N+]=[N-]. The standard InChI is InChI=1S/C13H21N3O3/c1-13(2,3)19-12(18)16-10-7-5-4-6-9(10)11(17)8-15-14/h8-10H,4-7H2,1-3H3,(H,16,18)/t9-,10-/m1/s1. The van der Waals surface area contributed by atoms with Crippen molar-refractivity contribution in [3.05, 3.63) is 5.53 Å². The highest BCUT2D eigenvalue weighted by Gasteiger charge is 2.33. The summed E-state index contributed by atoms with van der Waals surface area (Å²) in [5.41, 5.74) is 7.86. The molecule has 0 bridgehead atoms. The zero-order valence-electron chi connectivity index (χ0n) is 11.7. The number of carbonyl (C=O) groups excluding carboxylic acids is 2. The molecule has 2 atom stereocenters. The number of ether oxygens (including phenoxy) is 1. The molecule has 106 valence electrons. The first kappa shape index (κ1) is 15.4. The average molecular weight is 267 g/mol. The number of amides is 1. The van der Waals surface area contributed by atoms with Gasteiger partial charge in [0, 0.05) is 12.0 Å². The van der Waals surface area contributed by atoms with Gasteiger partial charge in [0.25, 0.3) is 0 Å². The Labute approximate surface area is 113 Å². The minimum atomic E-state index is -0.565. The molecule has 1 N–H and O–H groups in total. The maximum atomic E-state index is 11.8. The van der Waals surface area contributed by atoms with Gasteiger partial charge >= 0.3 is 12.3 Å². The fourth-order valence-electron chi connectivity index (χ4n) is 2.26. The minimum absolute atomic E-state index is 0.255. The fraction of sp³-hybridized carbons (Fsp3) is 0.769. The van der Waals surface area contributed by atoms with E-state index in [0.29, 0.717) is 6.42 Å². The quantitative estimate of drug-likeness (QED) is 0.481. The zero-order chi connectivity index (χ0) is 14.5. The van der Waals surface area contributed by atoms with Gasteiger partial charge in [-0.3, -0.25) is 4.79 Å². The summed E-state index contributed by atoms with van der Waals surface area (Å²) in [4.78, 5) is 26.3. The topological polar surface area (TPSA) is 91.8 Å². The van der Waals surface area contributed by atoms with E-state index in [0.717, 1.165) is 25.5 Å². The lowest BCUT2D eigenvalue weighted by atomic mass is 9.82. The molecule has 0 aromatic rings. The Bertz CT molecular complexity index is 394. The molecular formula is C13H21N3O3. The summed E-state index contributed by atoms with van der Waals surface area (Å²) in [5.74, 6) is -0.597. The lowest BCUT2D eigenvalue weighted by Gasteiger charge is -2.30. The van der Waals surface area contributed by atoms with Crippen LogP contribution in [-0.4, -0.2) is 34.5 Å². The Hall–Kier alpha value is -1.68. The fourth-order valence-corrected chi connectivity index (χ4v) is 2.26. The Balaban J connectivity index is 2.65. The molecule has 6 nitrogen and oxygen atoms in total. The molecule has 0 aromatic carbocycles. The lowest BCUT2D eigenvalue weighted by molar-refractivity contribution is -0.121. The van der Waals surface area contributed by atoms with Crippen LogP contribution in [0.15, 0.2) is 0 Å². The third kappa shape index (κ3) is 5.22. The van der Waals surface area contributed by atoms with Crippen LogP contribution in [0.3, 0.4) is 0 Å². The first-order valence-corrected chi connectivity index (χ1v) is 6.54. The van der Waals surface area contributed by atoms with Crippen molar-refractivity contribution >= 4 is 18.1 Å². The molecule has 1 amide bonds. The van der Waals surface area contributed by atoms with Gasteiger partial charge in [-0.05, 0) is 33.6 Å². The summed E-state index contributed by atoms with van der Waals surface area (Å²) in [6.07, 6.45) is 3.70. The van der Waals surface area contributed by atoms with Gasteiger partial charge in [0.2, 0.25) is 5.78 Å². The predicted molar refractivity (Wildman–Crippen MR) is 69.8 cm³/mol. The molecule has 1 aliphatic carbocycles. The van der Waals surface area contributed by atoms with Crippen LogP contribution >= 0.6 is 0 Å². The van der Waals surface area contributed by atoms with Crippen molar-refractivity contribution in [2.24, 2.45) is 5.92 Å². The number of Topliss-reactive ketones (excluding diaryl/α,β-unsaturated/α-hetero) is 1. The second-order valence-electron chi connectivity index (χ2n) is 5.79. The molecule has 1 rings (SSSR count). The number of hydrogen-bond acceptors (Lipinski definition) is 3. The second-order valence-corrected chi connectivity index (χ2v) is 5.79. The number of nitrogens with one attached hydrogen (secondary N) is 1. The molecule has 6 heteroatoms. The first-order valence-electron chi connectivity index (χ1n) is 6.54. The number of hydrogen-bond donors (Lipinski definition) is 1. The Morgan fingerprint density at radius 1 is 1.32 bits per heavy atom. The molecule has 0 spiro atoms. The summed E-state index contributed by atoms with van der Waals surface area (Å²) in [6.45, 7) is 5.36. The highest BCUT2D eigenvalue weighted by atomic mass is 16.6. The monoisotopic (exact) mass is 267 g/mol. The molecule has 1 fully saturated rings. The van der Waals surface area contributed by atoms with E-state index in [1.165, 1.54) is 0 Å². The average Bonchev–Trinajstić information content (AvgIpc) is 2.27. The van der Waals surface area contributed by atoms with Crippen molar-refractivity contribution in [2.75, 3.05) is 0 Å². The van der Waals surface area contributed by atoms with Crippen molar-refractivity contribution in [3.8, 4) is 0 Å². The van der Waals surface area contributed by atoms with Crippen LogP contribution in [0.25, 0.3) is 5.53 Å². The smallest absolute Gasteiger partial charge is 0.407 e. The molecule has 0 aliphatic heterocycles. The van der Waals surface area contributed by atoms with E-state index in [4.69, 9.17) is 10.3 Å². The molecular weight excluding hydrogens is 246 g/mol. The molecule has 0 unspecified atom stereocenters. The second kappa shape index (κ2) is 6.48. The van der Waals surface area contributed by atoms with E-state index in [1.54, 1.807) is 20.8 Å². The highest BCUT2D eigenvalue weighted by molar-refractivity contribution is 6.26. The zero-order valence-corrected chi connectivity index (χ0v) is 11.7. The highest BCUT2D eigenvalue weighted by Crippen LogP contribution is 2.25. The normalized spacial score (nSPS) is 23.1. The number of carbonyl (C=O) groups is 2. The van der Waals surface area contributed by atoms with Crippen LogP contribution in [-0.2, 0) is 9.53 Å². The summed E-state index contributed by atoms with van der Waals surface area (Å²) < 4.78 is 5.18. The molecule has 1 aliphatic rings. The lowest BCUT2D eigenvalue weighted by Crippen LogP contribution is -2.47. The molecule has 0 heterocycles. The Morgan fingerprint density at radius 2 is 1.95 bits per heavy atom. The summed E-state index contributed by atoms with van der Waals surface area (Å²) in [5, 5.41) is 2.74. The van der Waals surface area contributed by atoms with Crippen LogP contribution in [0.4, 0.5) is 4.79 Å². The van der Waals surface area contributed by atoms with E-state index < -0.39 is 11.7 Å². The largest absolute Gasteiger partial charge is 0.444 e. The maximum Gasteiger partial charge on any atom is 0.407 e. The van der Waals surface area contributed by atoms with Gasteiger partial charge in [-0.15, -0.1) is 0 Å². The number of rotatable bonds is 3. The summed E-state index contributed by atoms with van der Waals surface area (Å²) in [7, 11) is 0. The van der Waals surface area contributed by atoms with Crippen molar-refractivity contribution in [3.63, 3.8) is 0 Å².